The fourth-order valence-corrected chi connectivity index (χ4v) is 2.14. The van der Waals surface area contributed by atoms with Crippen molar-refractivity contribution in [3.05, 3.63) is 54.6 Å². The van der Waals surface area contributed by atoms with Crippen molar-refractivity contribution in [3.8, 4) is 5.69 Å². The number of anilines is 1. The summed E-state index contributed by atoms with van der Waals surface area (Å²) in [5.41, 5.74) is 2.23. The minimum Gasteiger partial charge on any atom is -0.356 e. The van der Waals surface area contributed by atoms with Crippen LogP contribution in [0.3, 0.4) is 0 Å². The highest BCUT2D eigenvalue weighted by Crippen LogP contribution is 2.16. The molecule has 1 N–H and O–H groups in total. The van der Waals surface area contributed by atoms with E-state index in [1.165, 1.54) is 11.5 Å². The van der Waals surface area contributed by atoms with Gasteiger partial charge in [-0.25, -0.2) is 9.67 Å². The lowest BCUT2D eigenvalue weighted by molar-refractivity contribution is 0.864. The second-order valence-corrected chi connectivity index (χ2v) is 4.46. The lowest BCUT2D eigenvalue weighted by Gasteiger charge is -2.09. The van der Waals surface area contributed by atoms with E-state index in [1.54, 1.807) is 12.5 Å². The number of nitrogens with zero attached hydrogens (tertiary/aromatic N) is 4. The molecule has 0 saturated carbocycles. The molecule has 0 aliphatic carbocycles. The summed E-state index contributed by atoms with van der Waals surface area (Å²) in [5.74, 6) is 0. The molecule has 90 valence electrons. The van der Waals surface area contributed by atoms with Crippen LogP contribution in [0.1, 0.15) is 5.56 Å². The molecular weight excluding hydrogens is 246 g/mol. The van der Waals surface area contributed by atoms with E-state index in [9.17, 15) is 0 Å². The molecule has 0 amide bonds. The quantitative estimate of drug-likeness (QED) is 0.779. The van der Waals surface area contributed by atoms with Gasteiger partial charge < -0.3 is 5.32 Å². The van der Waals surface area contributed by atoms with Gasteiger partial charge in [-0.3, -0.25) is 0 Å². The smallest absolute Gasteiger partial charge is 0.202 e. The molecule has 18 heavy (non-hydrogen) atoms. The second kappa shape index (κ2) is 4.97. The highest BCUT2D eigenvalue weighted by molar-refractivity contribution is 7.09. The zero-order valence-corrected chi connectivity index (χ0v) is 10.3. The first-order valence-corrected chi connectivity index (χ1v) is 6.29. The Morgan fingerprint density at radius 2 is 2.17 bits per heavy atom. The Kier molecular flexibility index (Phi) is 3.01. The molecule has 0 fully saturated rings. The number of hydrogen-bond acceptors (Lipinski definition) is 5. The Labute approximate surface area is 108 Å². The summed E-state index contributed by atoms with van der Waals surface area (Å²) in [6.45, 7) is 0.700. The van der Waals surface area contributed by atoms with E-state index in [2.05, 4.69) is 25.8 Å². The molecule has 0 unspecified atom stereocenters. The molecule has 6 heteroatoms. The number of rotatable bonds is 4. The van der Waals surface area contributed by atoms with Gasteiger partial charge in [0.25, 0.3) is 0 Å². The van der Waals surface area contributed by atoms with Crippen LogP contribution in [-0.4, -0.2) is 19.1 Å². The van der Waals surface area contributed by atoms with Crippen LogP contribution in [0.2, 0.25) is 0 Å². The maximum Gasteiger partial charge on any atom is 0.202 e. The van der Waals surface area contributed by atoms with Crippen molar-refractivity contribution in [2.24, 2.45) is 0 Å². The number of para-hydroxylation sites is 1. The lowest BCUT2D eigenvalue weighted by Crippen LogP contribution is -2.05. The first-order valence-electron chi connectivity index (χ1n) is 5.52. The maximum atomic E-state index is 4.26. The Hall–Kier alpha value is -2.21. The SMILES string of the molecule is c1ccc(-n2cccn2)c(CNc2ncns2)c1. The summed E-state index contributed by atoms with van der Waals surface area (Å²) < 4.78 is 5.82. The van der Waals surface area contributed by atoms with Gasteiger partial charge in [0.05, 0.1) is 5.69 Å². The average molecular weight is 257 g/mol. The molecule has 0 atom stereocenters. The van der Waals surface area contributed by atoms with Gasteiger partial charge in [-0.05, 0) is 17.7 Å². The molecule has 0 spiro atoms. The van der Waals surface area contributed by atoms with E-state index >= 15 is 0 Å². The van der Waals surface area contributed by atoms with Gasteiger partial charge in [-0.1, -0.05) is 18.2 Å². The molecule has 1 aromatic carbocycles. The van der Waals surface area contributed by atoms with Gasteiger partial charge in [0, 0.05) is 30.5 Å². The Morgan fingerprint density at radius 1 is 1.22 bits per heavy atom. The largest absolute Gasteiger partial charge is 0.356 e. The van der Waals surface area contributed by atoms with Crippen LogP contribution in [0.25, 0.3) is 5.69 Å². The van der Waals surface area contributed by atoms with Crippen LogP contribution in [0.4, 0.5) is 5.13 Å². The predicted octanol–water partition coefficient (Wildman–Crippen LogP) is 2.34. The third-order valence-corrected chi connectivity index (χ3v) is 3.16. The standard InChI is InChI=1S/C12H11N5S/c1-2-5-11(17-7-3-6-15-17)10(4-1)8-13-12-14-9-16-18-12/h1-7,9H,8H2,(H,13,14,16). The Bertz CT molecular complexity index is 603. The van der Waals surface area contributed by atoms with Crippen molar-refractivity contribution >= 4 is 16.7 Å². The van der Waals surface area contributed by atoms with Crippen molar-refractivity contribution in [2.75, 3.05) is 5.32 Å². The zero-order chi connectivity index (χ0) is 12.2. The van der Waals surface area contributed by atoms with Crippen LogP contribution >= 0.6 is 11.5 Å². The molecule has 0 bridgehead atoms. The van der Waals surface area contributed by atoms with Crippen LogP contribution in [0, 0.1) is 0 Å². The highest BCUT2D eigenvalue weighted by atomic mass is 32.1. The average Bonchev–Trinajstić information content (AvgIpc) is 3.10. The molecule has 0 saturated heterocycles. The summed E-state index contributed by atoms with van der Waals surface area (Å²) in [4.78, 5) is 4.10. The third kappa shape index (κ3) is 2.23. The summed E-state index contributed by atoms with van der Waals surface area (Å²) in [6.07, 6.45) is 5.26. The molecule has 0 radical (unpaired) electrons. The number of benzene rings is 1. The summed E-state index contributed by atoms with van der Waals surface area (Å²) in [6, 6.07) is 10.1. The number of nitrogens with one attached hydrogen (secondary N) is 1. The molecule has 0 aliphatic heterocycles. The van der Waals surface area contributed by atoms with Gasteiger partial charge in [0.15, 0.2) is 0 Å². The Balaban J connectivity index is 1.84. The first kappa shape index (κ1) is 10.9. The topological polar surface area (TPSA) is 55.6 Å². The minimum atomic E-state index is 0.700. The molecule has 2 heterocycles. The van der Waals surface area contributed by atoms with Gasteiger partial charge >= 0.3 is 0 Å². The van der Waals surface area contributed by atoms with Crippen LogP contribution in [0.15, 0.2) is 49.1 Å². The molecule has 3 rings (SSSR count). The predicted molar refractivity (Wildman–Crippen MR) is 70.8 cm³/mol. The van der Waals surface area contributed by atoms with Crippen molar-refractivity contribution in [2.45, 2.75) is 6.54 Å². The second-order valence-electron chi connectivity index (χ2n) is 3.68. The van der Waals surface area contributed by atoms with E-state index in [0.29, 0.717) is 6.54 Å². The van der Waals surface area contributed by atoms with Crippen LogP contribution < -0.4 is 5.32 Å². The Morgan fingerprint density at radius 3 is 2.94 bits per heavy atom. The number of hydrogen-bond donors (Lipinski definition) is 1. The fraction of sp³-hybridized carbons (Fsp3) is 0.0833. The highest BCUT2D eigenvalue weighted by Gasteiger charge is 2.04. The summed E-state index contributed by atoms with van der Waals surface area (Å²) in [5, 5.41) is 8.33. The van der Waals surface area contributed by atoms with Crippen molar-refractivity contribution in [1.29, 1.82) is 0 Å². The van der Waals surface area contributed by atoms with Crippen molar-refractivity contribution in [3.63, 3.8) is 0 Å². The van der Waals surface area contributed by atoms with Gasteiger partial charge in [0.2, 0.25) is 5.13 Å². The van der Waals surface area contributed by atoms with Crippen molar-refractivity contribution < 1.29 is 0 Å². The molecule has 2 aromatic heterocycles. The third-order valence-electron chi connectivity index (χ3n) is 2.53. The summed E-state index contributed by atoms with van der Waals surface area (Å²) >= 11 is 1.35. The zero-order valence-electron chi connectivity index (χ0n) is 9.52. The van der Waals surface area contributed by atoms with Gasteiger partial charge in [-0.2, -0.15) is 9.47 Å². The first-order chi connectivity index (χ1) is 8.93. The normalized spacial score (nSPS) is 10.4. The lowest BCUT2D eigenvalue weighted by atomic mass is 10.2. The molecule has 3 aromatic rings. The molecular formula is C12H11N5S. The van der Waals surface area contributed by atoms with Gasteiger partial charge in [0.1, 0.15) is 6.33 Å². The molecule has 5 nitrogen and oxygen atoms in total. The minimum absolute atomic E-state index is 0.700. The van der Waals surface area contributed by atoms with E-state index in [-0.39, 0.29) is 0 Å². The summed E-state index contributed by atoms with van der Waals surface area (Å²) in [7, 11) is 0. The van der Waals surface area contributed by atoms with Crippen LogP contribution in [-0.2, 0) is 6.54 Å². The van der Waals surface area contributed by atoms with E-state index in [0.717, 1.165) is 16.4 Å². The van der Waals surface area contributed by atoms with E-state index < -0.39 is 0 Å². The van der Waals surface area contributed by atoms with E-state index in [4.69, 9.17) is 0 Å². The van der Waals surface area contributed by atoms with Gasteiger partial charge in [-0.15, -0.1) is 0 Å². The fourth-order valence-electron chi connectivity index (χ4n) is 1.72. The maximum absolute atomic E-state index is 4.26. The van der Waals surface area contributed by atoms with Crippen molar-refractivity contribution in [1.82, 2.24) is 19.1 Å². The monoisotopic (exact) mass is 257 g/mol. The molecule has 0 aliphatic rings. The number of aromatic nitrogens is 4. The van der Waals surface area contributed by atoms with Crippen LogP contribution in [0.5, 0.6) is 0 Å². The van der Waals surface area contributed by atoms with E-state index in [1.807, 2.05) is 35.1 Å².